The maximum atomic E-state index is 14.4. The lowest BCUT2D eigenvalue weighted by molar-refractivity contribution is -0.151. The van der Waals surface area contributed by atoms with Crippen molar-refractivity contribution in [3.8, 4) is 0 Å². The monoisotopic (exact) mass is 615 g/mol. The first-order chi connectivity index (χ1) is 19.0. The minimum atomic E-state index is -1.12. The van der Waals surface area contributed by atoms with E-state index in [1.807, 2.05) is 51.1 Å². The van der Waals surface area contributed by atoms with E-state index in [1.54, 1.807) is 26.9 Å². The molecule has 9 heteroatoms. The van der Waals surface area contributed by atoms with Crippen LogP contribution in [0.3, 0.4) is 0 Å². The van der Waals surface area contributed by atoms with Crippen LogP contribution in [-0.2, 0) is 19.1 Å². The zero-order valence-electron chi connectivity index (χ0n) is 23.8. The van der Waals surface area contributed by atoms with Gasteiger partial charge in [-0.1, -0.05) is 46.3 Å². The maximum absolute atomic E-state index is 14.4. The standard InChI is InChI=1S/C31H42BrN3O5/c1-6-16-33(21-14-10-8-11-15-21)27(37)23-24-28(38)34(18-12-9-13-19-36)26(31(24)20-22(32)25(23)40-31)29(39)35(17-7-2)30(3,4)5/h6-8,10-11,14-15,22-26,36H,1-2,9,12-13,16-20H2,3-5H3/t22?,23-,24+,25-,26?,31?/m1/s1. The fraction of sp³-hybridized carbons (Fsp3) is 0.581. The molecule has 3 unspecified atom stereocenters. The molecule has 40 heavy (non-hydrogen) atoms. The van der Waals surface area contributed by atoms with Crippen molar-refractivity contribution in [3.05, 3.63) is 55.6 Å². The van der Waals surface area contributed by atoms with Gasteiger partial charge in [-0.25, -0.2) is 0 Å². The molecule has 0 aliphatic carbocycles. The van der Waals surface area contributed by atoms with E-state index in [-0.39, 0.29) is 35.7 Å². The van der Waals surface area contributed by atoms with E-state index in [0.29, 0.717) is 32.4 Å². The fourth-order valence-electron chi connectivity index (χ4n) is 6.71. The summed E-state index contributed by atoms with van der Waals surface area (Å²) in [5.74, 6) is -2.11. The normalized spacial score (nSPS) is 28.9. The highest BCUT2D eigenvalue weighted by molar-refractivity contribution is 9.09. The molecule has 218 valence electrons. The van der Waals surface area contributed by atoms with Gasteiger partial charge >= 0.3 is 0 Å². The fourth-order valence-corrected chi connectivity index (χ4v) is 7.66. The number of amides is 3. The predicted octanol–water partition coefficient (Wildman–Crippen LogP) is 3.93. The summed E-state index contributed by atoms with van der Waals surface area (Å²) in [5.41, 5.74) is -0.913. The summed E-state index contributed by atoms with van der Waals surface area (Å²) in [6.07, 6.45) is 5.28. The number of hydrogen-bond acceptors (Lipinski definition) is 5. The summed E-state index contributed by atoms with van der Waals surface area (Å²) in [5, 5.41) is 9.28. The number of ether oxygens (including phenoxy) is 1. The molecule has 6 atom stereocenters. The molecule has 3 saturated heterocycles. The zero-order chi connectivity index (χ0) is 29.2. The SMILES string of the molecule is C=CCN(C(=O)[C@H]1[C@@H]2OC3(CC2Br)C(C(=O)N(CC=C)C(C)(C)C)N(CCCCCO)C(=O)[C@H]13)c1ccccc1. The van der Waals surface area contributed by atoms with Crippen LogP contribution in [0.25, 0.3) is 0 Å². The number of benzene rings is 1. The number of aliphatic hydroxyl groups is 1. The number of hydrogen-bond donors (Lipinski definition) is 1. The third kappa shape index (κ3) is 5.28. The summed E-state index contributed by atoms with van der Waals surface area (Å²) in [6, 6.07) is 8.50. The van der Waals surface area contributed by atoms with Gasteiger partial charge in [0.05, 0.1) is 17.9 Å². The molecule has 1 aromatic carbocycles. The Balaban J connectivity index is 1.77. The number of halogens is 1. The Bertz CT molecular complexity index is 1120. The average molecular weight is 617 g/mol. The minimum absolute atomic E-state index is 0.0747. The largest absolute Gasteiger partial charge is 0.396 e. The number of carbonyl (C=O) groups is 3. The van der Waals surface area contributed by atoms with Gasteiger partial charge in [0.1, 0.15) is 11.6 Å². The van der Waals surface area contributed by atoms with Gasteiger partial charge in [-0.15, -0.1) is 13.2 Å². The number of nitrogens with zero attached hydrogens (tertiary/aromatic N) is 3. The summed E-state index contributed by atoms with van der Waals surface area (Å²) in [7, 11) is 0. The van der Waals surface area contributed by atoms with E-state index >= 15 is 0 Å². The van der Waals surface area contributed by atoms with E-state index in [0.717, 1.165) is 12.1 Å². The highest BCUT2D eigenvalue weighted by Crippen LogP contribution is 2.60. The highest BCUT2D eigenvalue weighted by atomic mass is 79.9. The predicted molar refractivity (Wildman–Crippen MR) is 159 cm³/mol. The summed E-state index contributed by atoms with van der Waals surface area (Å²) < 4.78 is 6.70. The van der Waals surface area contributed by atoms with Crippen molar-refractivity contribution in [2.75, 3.05) is 31.1 Å². The number of anilines is 1. The maximum Gasteiger partial charge on any atom is 0.249 e. The molecule has 0 aromatic heterocycles. The van der Waals surface area contributed by atoms with Gasteiger partial charge in [-0.2, -0.15) is 0 Å². The van der Waals surface area contributed by atoms with Gasteiger partial charge < -0.3 is 24.5 Å². The smallest absolute Gasteiger partial charge is 0.249 e. The molecule has 2 bridgehead atoms. The Hall–Kier alpha value is -2.49. The third-order valence-electron chi connectivity index (χ3n) is 8.40. The van der Waals surface area contributed by atoms with E-state index in [1.165, 1.54) is 0 Å². The Labute approximate surface area is 246 Å². The van der Waals surface area contributed by atoms with Crippen molar-refractivity contribution in [1.82, 2.24) is 9.80 Å². The van der Waals surface area contributed by atoms with Gasteiger partial charge in [0.15, 0.2) is 0 Å². The molecular weight excluding hydrogens is 574 g/mol. The number of aliphatic hydroxyl groups excluding tert-OH is 1. The highest BCUT2D eigenvalue weighted by Gasteiger charge is 2.77. The van der Waals surface area contributed by atoms with Crippen LogP contribution in [-0.4, -0.2) is 87.0 Å². The van der Waals surface area contributed by atoms with Crippen molar-refractivity contribution >= 4 is 39.3 Å². The van der Waals surface area contributed by atoms with Crippen LogP contribution in [0.4, 0.5) is 5.69 Å². The van der Waals surface area contributed by atoms with Crippen molar-refractivity contribution in [2.45, 2.75) is 74.6 Å². The van der Waals surface area contributed by atoms with Crippen LogP contribution >= 0.6 is 15.9 Å². The lowest BCUT2D eigenvalue weighted by Gasteiger charge is -2.42. The van der Waals surface area contributed by atoms with Crippen LogP contribution < -0.4 is 4.90 Å². The molecule has 4 rings (SSSR count). The second-order valence-corrected chi connectivity index (χ2v) is 13.1. The first-order valence-corrected chi connectivity index (χ1v) is 15.1. The van der Waals surface area contributed by atoms with Gasteiger partial charge in [-0.05, 0) is 58.6 Å². The third-order valence-corrected chi connectivity index (χ3v) is 9.24. The molecule has 3 aliphatic rings. The van der Waals surface area contributed by atoms with Crippen molar-refractivity contribution in [3.63, 3.8) is 0 Å². The van der Waals surface area contributed by atoms with Crippen LogP contribution in [0, 0.1) is 11.8 Å². The number of carbonyl (C=O) groups excluding carboxylic acids is 3. The molecule has 3 heterocycles. The van der Waals surface area contributed by atoms with Gasteiger partial charge in [0, 0.05) is 42.3 Å². The molecule has 1 N–H and O–H groups in total. The summed E-state index contributed by atoms with van der Waals surface area (Å²) in [4.78, 5) is 47.9. The lowest BCUT2D eigenvalue weighted by atomic mass is 9.70. The van der Waals surface area contributed by atoms with Crippen LogP contribution in [0.5, 0.6) is 0 Å². The van der Waals surface area contributed by atoms with Gasteiger partial charge in [-0.3, -0.25) is 14.4 Å². The molecule has 3 aliphatic heterocycles. The van der Waals surface area contributed by atoms with Gasteiger partial charge in [0.25, 0.3) is 0 Å². The molecule has 0 saturated carbocycles. The van der Waals surface area contributed by atoms with Crippen LogP contribution in [0.15, 0.2) is 55.6 Å². The van der Waals surface area contributed by atoms with E-state index in [2.05, 4.69) is 29.1 Å². The lowest BCUT2D eigenvalue weighted by Crippen LogP contribution is -2.60. The van der Waals surface area contributed by atoms with Gasteiger partial charge in [0.2, 0.25) is 17.7 Å². The average Bonchev–Trinajstić information content (AvgIpc) is 3.50. The van der Waals surface area contributed by atoms with Crippen molar-refractivity contribution < 1.29 is 24.2 Å². The number of likely N-dealkylation sites (tertiary alicyclic amines) is 1. The molecule has 1 aromatic rings. The zero-order valence-corrected chi connectivity index (χ0v) is 25.4. The molecule has 3 amide bonds. The van der Waals surface area contributed by atoms with Crippen molar-refractivity contribution in [1.29, 1.82) is 0 Å². The molecule has 3 fully saturated rings. The number of para-hydroxylation sites is 1. The number of rotatable bonds is 12. The second kappa shape index (κ2) is 12.2. The van der Waals surface area contributed by atoms with E-state index in [9.17, 15) is 19.5 Å². The molecule has 0 radical (unpaired) electrons. The second-order valence-electron chi connectivity index (χ2n) is 12.0. The van der Waals surface area contributed by atoms with Crippen molar-refractivity contribution in [2.24, 2.45) is 11.8 Å². The number of alkyl halides is 1. The van der Waals surface area contributed by atoms with Crippen LogP contribution in [0.1, 0.15) is 46.5 Å². The Morgan fingerprint density at radius 1 is 1.12 bits per heavy atom. The first kappa shape index (κ1) is 30.5. The minimum Gasteiger partial charge on any atom is -0.396 e. The van der Waals surface area contributed by atoms with E-state index in [4.69, 9.17) is 4.74 Å². The Morgan fingerprint density at radius 2 is 1.80 bits per heavy atom. The summed E-state index contributed by atoms with van der Waals surface area (Å²) in [6.45, 7) is 14.6. The Morgan fingerprint density at radius 3 is 2.40 bits per heavy atom. The topological polar surface area (TPSA) is 90.4 Å². The first-order valence-electron chi connectivity index (χ1n) is 14.2. The quantitative estimate of drug-likeness (QED) is 0.219. The molecule has 1 spiro atoms. The van der Waals surface area contributed by atoms with Crippen LogP contribution in [0.2, 0.25) is 0 Å². The summed E-state index contributed by atoms with van der Waals surface area (Å²) >= 11 is 3.76. The molecule has 8 nitrogen and oxygen atoms in total. The number of fused-ring (bicyclic) bond motifs is 1. The number of unbranched alkanes of at least 4 members (excludes halogenated alkanes) is 2. The molecular formula is C31H42BrN3O5. The Kier molecular flexibility index (Phi) is 9.27. The van der Waals surface area contributed by atoms with E-state index < -0.39 is 35.1 Å².